The minimum Gasteiger partial charge on any atom is -0.394 e. The van der Waals surface area contributed by atoms with Crippen LogP contribution < -0.4 is 0 Å². The summed E-state index contributed by atoms with van der Waals surface area (Å²) < 4.78 is 0. The number of non-ortho nitro benzene ring substituents is 1. The van der Waals surface area contributed by atoms with E-state index in [9.17, 15) is 20.0 Å². The summed E-state index contributed by atoms with van der Waals surface area (Å²) in [5.41, 5.74) is 0.199. The fourth-order valence-corrected chi connectivity index (χ4v) is 2.21. The van der Waals surface area contributed by atoms with Crippen LogP contribution in [-0.4, -0.2) is 40.0 Å². The molecule has 1 heterocycles. The third-order valence-corrected chi connectivity index (χ3v) is 3.15. The number of hydrogen-bond donors (Lipinski definition) is 1. The molecule has 1 aliphatic heterocycles. The molecule has 1 N–H and O–H groups in total. The second-order valence-corrected chi connectivity index (χ2v) is 4.28. The molecule has 0 saturated carbocycles. The Morgan fingerprint density at radius 3 is 3.00 bits per heavy atom. The minimum absolute atomic E-state index is 0.0688. The van der Waals surface area contributed by atoms with E-state index in [1.807, 2.05) is 0 Å². The van der Waals surface area contributed by atoms with Crippen molar-refractivity contribution in [3.05, 3.63) is 39.9 Å². The van der Waals surface area contributed by atoms with Gasteiger partial charge in [-0.3, -0.25) is 14.9 Å². The van der Waals surface area contributed by atoms with E-state index in [1.54, 1.807) is 11.0 Å². The van der Waals surface area contributed by atoms with Crippen molar-refractivity contribution in [2.75, 3.05) is 13.2 Å². The van der Waals surface area contributed by atoms with Gasteiger partial charge in [-0.2, -0.15) is 0 Å². The Hall–Kier alpha value is -1.95. The Bertz CT molecular complexity index is 475. The third kappa shape index (κ3) is 2.33. The fraction of sp³-hybridized carbons (Fsp3) is 0.417. The van der Waals surface area contributed by atoms with Gasteiger partial charge in [0, 0.05) is 24.2 Å². The van der Waals surface area contributed by atoms with Crippen LogP contribution in [0, 0.1) is 10.1 Å². The standard InChI is InChI=1S/C12H14N2O4/c15-8-11-5-2-6-13(11)12(16)9-3-1-4-10(7-9)14(17)18/h1,3-4,7,11,15H,2,5-6,8H2/t11-/m1/s1. The first-order chi connectivity index (χ1) is 8.63. The Kier molecular flexibility index (Phi) is 3.57. The zero-order valence-corrected chi connectivity index (χ0v) is 9.78. The first kappa shape index (κ1) is 12.5. The molecular weight excluding hydrogens is 236 g/mol. The summed E-state index contributed by atoms with van der Waals surface area (Å²) in [6.45, 7) is 0.521. The monoisotopic (exact) mass is 250 g/mol. The summed E-state index contributed by atoms with van der Waals surface area (Å²) in [7, 11) is 0. The molecule has 6 heteroatoms. The Labute approximate surface area is 104 Å². The number of amides is 1. The maximum Gasteiger partial charge on any atom is 0.270 e. The highest BCUT2D eigenvalue weighted by Gasteiger charge is 2.29. The van der Waals surface area contributed by atoms with Gasteiger partial charge in [-0.15, -0.1) is 0 Å². The number of aliphatic hydroxyl groups excluding tert-OH is 1. The van der Waals surface area contributed by atoms with Gasteiger partial charge in [0.25, 0.3) is 11.6 Å². The van der Waals surface area contributed by atoms with Gasteiger partial charge in [0.2, 0.25) is 0 Å². The molecular formula is C12H14N2O4. The normalized spacial score (nSPS) is 18.9. The molecule has 6 nitrogen and oxygen atoms in total. The second kappa shape index (κ2) is 5.14. The molecule has 1 amide bonds. The molecule has 0 radical (unpaired) electrons. The lowest BCUT2D eigenvalue weighted by atomic mass is 10.1. The van der Waals surface area contributed by atoms with E-state index in [0.717, 1.165) is 12.8 Å². The highest BCUT2D eigenvalue weighted by atomic mass is 16.6. The number of nitro groups is 1. The quantitative estimate of drug-likeness (QED) is 0.645. The summed E-state index contributed by atoms with van der Waals surface area (Å²) in [4.78, 5) is 23.9. The van der Waals surface area contributed by atoms with Crippen molar-refractivity contribution >= 4 is 11.6 Å². The molecule has 1 saturated heterocycles. The second-order valence-electron chi connectivity index (χ2n) is 4.28. The van der Waals surface area contributed by atoms with Crippen LogP contribution >= 0.6 is 0 Å². The maximum atomic E-state index is 12.2. The van der Waals surface area contributed by atoms with Crippen molar-refractivity contribution < 1.29 is 14.8 Å². The predicted molar refractivity (Wildman–Crippen MR) is 64.2 cm³/mol. The van der Waals surface area contributed by atoms with Gasteiger partial charge in [-0.25, -0.2) is 0 Å². The van der Waals surface area contributed by atoms with E-state index in [2.05, 4.69) is 0 Å². The first-order valence-electron chi connectivity index (χ1n) is 5.80. The third-order valence-electron chi connectivity index (χ3n) is 3.15. The van der Waals surface area contributed by atoms with Crippen LogP contribution in [0.25, 0.3) is 0 Å². The molecule has 18 heavy (non-hydrogen) atoms. The first-order valence-corrected chi connectivity index (χ1v) is 5.80. The molecule has 0 aliphatic carbocycles. The van der Waals surface area contributed by atoms with Crippen molar-refractivity contribution in [1.82, 2.24) is 4.90 Å². The van der Waals surface area contributed by atoms with Gasteiger partial charge >= 0.3 is 0 Å². The lowest BCUT2D eigenvalue weighted by molar-refractivity contribution is -0.384. The molecule has 1 fully saturated rings. The number of carbonyl (C=O) groups excluding carboxylic acids is 1. The van der Waals surface area contributed by atoms with Crippen LogP contribution in [-0.2, 0) is 0 Å². The number of hydrogen-bond acceptors (Lipinski definition) is 4. The number of rotatable bonds is 3. The van der Waals surface area contributed by atoms with Crippen molar-refractivity contribution in [2.24, 2.45) is 0 Å². The predicted octanol–water partition coefficient (Wildman–Crippen LogP) is 1.19. The Morgan fingerprint density at radius 2 is 2.33 bits per heavy atom. The van der Waals surface area contributed by atoms with E-state index >= 15 is 0 Å². The smallest absolute Gasteiger partial charge is 0.270 e. The van der Waals surface area contributed by atoms with Crippen LogP contribution in [0.5, 0.6) is 0 Å². The van der Waals surface area contributed by atoms with Crippen molar-refractivity contribution in [2.45, 2.75) is 18.9 Å². The van der Waals surface area contributed by atoms with E-state index in [0.29, 0.717) is 12.1 Å². The van der Waals surface area contributed by atoms with Gasteiger partial charge < -0.3 is 10.0 Å². The average Bonchev–Trinajstić information content (AvgIpc) is 2.86. The minimum atomic E-state index is -0.524. The van der Waals surface area contributed by atoms with Crippen LogP contribution in [0.15, 0.2) is 24.3 Å². The van der Waals surface area contributed by atoms with Crippen LogP contribution in [0.1, 0.15) is 23.2 Å². The van der Waals surface area contributed by atoms with E-state index in [4.69, 9.17) is 0 Å². The lowest BCUT2D eigenvalue weighted by Gasteiger charge is -2.22. The summed E-state index contributed by atoms with van der Waals surface area (Å²) in [5.74, 6) is -0.254. The highest BCUT2D eigenvalue weighted by molar-refractivity contribution is 5.95. The Balaban J connectivity index is 2.23. The zero-order chi connectivity index (χ0) is 13.1. The molecule has 1 aromatic rings. The van der Waals surface area contributed by atoms with Gasteiger partial charge in [-0.1, -0.05) is 6.07 Å². The summed E-state index contributed by atoms with van der Waals surface area (Å²) >= 11 is 0. The van der Waals surface area contributed by atoms with Crippen LogP contribution in [0.4, 0.5) is 5.69 Å². The van der Waals surface area contributed by atoms with E-state index in [-0.39, 0.29) is 24.2 Å². The molecule has 2 rings (SSSR count). The summed E-state index contributed by atoms with van der Waals surface area (Å²) in [6.07, 6.45) is 1.63. The van der Waals surface area contributed by atoms with Crippen molar-refractivity contribution in [3.8, 4) is 0 Å². The fourth-order valence-electron chi connectivity index (χ4n) is 2.21. The number of benzene rings is 1. The topological polar surface area (TPSA) is 83.7 Å². The van der Waals surface area contributed by atoms with Gasteiger partial charge in [-0.05, 0) is 18.9 Å². The van der Waals surface area contributed by atoms with E-state index in [1.165, 1.54) is 18.2 Å². The number of nitrogens with zero attached hydrogens (tertiary/aromatic N) is 2. The number of nitro benzene ring substituents is 1. The molecule has 96 valence electrons. The summed E-state index contributed by atoms with van der Waals surface area (Å²) in [5, 5.41) is 19.8. The molecule has 1 aliphatic rings. The largest absolute Gasteiger partial charge is 0.394 e. The zero-order valence-electron chi connectivity index (χ0n) is 9.78. The molecule has 1 atom stereocenters. The van der Waals surface area contributed by atoms with Gasteiger partial charge in [0.15, 0.2) is 0 Å². The van der Waals surface area contributed by atoms with Crippen LogP contribution in [0.3, 0.4) is 0 Å². The molecule has 0 aromatic heterocycles. The highest BCUT2D eigenvalue weighted by Crippen LogP contribution is 2.21. The number of carbonyl (C=O) groups is 1. The molecule has 0 unspecified atom stereocenters. The SMILES string of the molecule is O=C(c1cccc([N+](=O)[O-])c1)N1CCC[C@@H]1CO. The summed E-state index contributed by atoms with van der Waals surface area (Å²) in [6, 6.07) is 5.51. The van der Waals surface area contributed by atoms with E-state index < -0.39 is 4.92 Å². The maximum absolute atomic E-state index is 12.2. The molecule has 1 aromatic carbocycles. The average molecular weight is 250 g/mol. The van der Waals surface area contributed by atoms with Gasteiger partial charge in [0.05, 0.1) is 17.6 Å². The van der Waals surface area contributed by atoms with Crippen molar-refractivity contribution in [1.29, 1.82) is 0 Å². The van der Waals surface area contributed by atoms with Gasteiger partial charge in [0.1, 0.15) is 0 Å². The Morgan fingerprint density at radius 1 is 1.56 bits per heavy atom. The molecule has 0 spiro atoms. The van der Waals surface area contributed by atoms with Crippen molar-refractivity contribution in [3.63, 3.8) is 0 Å². The molecule has 0 bridgehead atoms. The lowest BCUT2D eigenvalue weighted by Crippen LogP contribution is -2.37. The number of likely N-dealkylation sites (tertiary alicyclic amines) is 1. The van der Waals surface area contributed by atoms with Crippen LogP contribution in [0.2, 0.25) is 0 Å². The number of aliphatic hydroxyl groups is 1.